The average molecular weight is 194 g/mol. The fraction of sp³-hybridized carbons (Fsp3) is 0.364. The van der Waals surface area contributed by atoms with Gasteiger partial charge in [0, 0.05) is 5.92 Å². The van der Waals surface area contributed by atoms with Gasteiger partial charge < -0.3 is 9.84 Å². The molecule has 0 heterocycles. The van der Waals surface area contributed by atoms with Crippen molar-refractivity contribution in [2.75, 3.05) is 7.11 Å². The zero-order chi connectivity index (χ0) is 10.6. The lowest BCUT2D eigenvalue weighted by Gasteiger charge is -2.16. The first-order chi connectivity index (χ1) is 6.66. The minimum absolute atomic E-state index is 0.247. The largest absolute Gasteiger partial charge is 0.467 e. The van der Waals surface area contributed by atoms with Crippen molar-refractivity contribution in [1.82, 2.24) is 0 Å². The molecule has 0 spiro atoms. The molecule has 0 unspecified atom stereocenters. The van der Waals surface area contributed by atoms with E-state index >= 15 is 0 Å². The highest BCUT2D eigenvalue weighted by molar-refractivity contribution is 5.75. The standard InChI is InChI=1S/C11H14O3/c1-8(10(12)11(13)14-2)9-6-4-3-5-7-9/h3-8,10,12H,1-2H3/t8-,10-/m1/s1. The number of carbonyl (C=O) groups is 1. The minimum atomic E-state index is -1.10. The van der Waals surface area contributed by atoms with Crippen molar-refractivity contribution < 1.29 is 14.6 Å². The van der Waals surface area contributed by atoms with E-state index in [-0.39, 0.29) is 5.92 Å². The monoisotopic (exact) mass is 194 g/mol. The lowest BCUT2D eigenvalue weighted by atomic mass is 9.95. The second-order valence-electron chi connectivity index (χ2n) is 3.17. The van der Waals surface area contributed by atoms with Gasteiger partial charge in [0.05, 0.1) is 7.11 Å². The van der Waals surface area contributed by atoms with E-state index in [0.717, 1.165) is 5.56 Å². The number of aliphatic hydroxyl groups excluding tert-OH is 1. The predicted molar refractivity (Wildman–Crippen MR) is 52.9 cm³/mol. The van der Waals surface area contributed by atoms with E-state index < -0.39 is 12.1 Å². The van der Waals surface area contributed by atoms with Crippen molar-refractivity contribution in [3.63, 3.8) is 0 Å². The van der Waals surface area contributed by atoms with Gasteiger partial charge in [-0.05, 0) is 5.56 Å². The molecule has 1 rings (SSSR count). The molecule has 0 radical (unpaired) electrons. The summed E-state index contributed by atoms with van der Waals surface area (Å²) in [6, 6.07) is 9.38. The molecule has 0 aliphatic heterocycles. The lowest BCUT2D eigenvalue weighted by molar-refractivity contribution is -0.151. The maximum Gasteiger partial charge on any atom is 0.335 e. The van der Waals surface area contributed by atoms with E-state index in [1.807, 2.05) is 30.3 Å². The maximum absolute atomic E-state index is 11.1. The molecule has 3 heteroatoms. The molecule has 0 saturated carbocycles. The molecular formula is C11H14O3. The number of hydrogen-bond acceptors (Lipinski definition) is 3. The molecular weight excluding hydrogens is 180 g/mol. The van der Waals surface area contributed by atoms with Gasteiger partial charge in [-0.2, -0.15) is 0 Å². The fourth-order valence-electron chi connectivity index (χ4n) is 1.26. The van der Waals surface area contributed by atoms with Crippen molar-refractivity contribution in [3.8, 4) is 0 Å². The van der Waals surface area contributed by atoms with Gasteiger partial charge in [0.25, 0.3) is 0 Å². The number of ether oxygens (including phenoxy) is 1. The molecule has 3 nitrogen and oxygen atoms in total. The number of esters is 1. The van der Waals surface area contributed by atoms with E-state index in [4.69, 9.17) is 0 Å². The van der Waals surface area contributed by atoms with Crippen LogP contribution in [-0.4, -0.2) is 24.3 Å². The lowest BCUT2D eigenvalue weighted by Crippen LogP contribution is -2.27. The first-order valence-electron chi connectivity index (χ1n) is 4.47. The van der Waals surface area contributed by atoms with Crippen LogP contribution in [0.5, 0.6) is 0 Å². The number of methoxy groups -OCH3 is 1. The minimum Gasteiger partial charge on any atom is -0.467 e. The molecule has 0 saturated heterocycles. The van der Waals surface area contributed by atoms with Crippen LogP contribution in [-0.2, 0) is 9.53 Å². The Bertz CT molecular complexity index is 295. The van der Waals surface area contributed by atoms with Gasteiger partial charge in [-0.15, -0.1) is 0 Å². The Labute approximate surface area is 83.3 Å². The summed E-state index contributed by atoms with van der Waals surface area (Å²) in [5.74, 6) is -0.843. The van der Waals surface area contributed by atoms with Gasteiger partial charge in [-0.3, -0.25) is 0 Å². The fourth-order valence-corrected chi connectivity index (χ4v) is 1.26. The third kappa shape index (κ3) is 2.33. The molecule has 76 valence electrons. The van der Waals surface area contributed by atoms with Crippen molar-refractivity contribution in [1.29, 1.82) is 0 Å². The van der Waals surface area contributed by atoms with Gasteiger partial charge >= 0.3 is 5.97 Å². The second kappa shape index (κ2) is 4.77. The molecule has 1 aromatic carbocycles. The second-order valence-corrected chi connectivity index (χ2v) is 3.17. The van der Waals surface area contributed by atoms with Crippen molar-refractivity contribution in [3.05, 3.63) is 35.9 Å². The first-order valence-corrected chi connectivity index (χ1v) is 4.47. The molecule has 0 amide bonds. The van der Waals surface area contributed by atoms with Crippen LogP contribution in [0.3, 0.4) is 0 Å². The number of benzene rings is 1. The highest BCUT2D eigenvalue weighted by atomic mass is 16.5. The van der Waals surface area contributed by atoms with Gasteiger partial charge in [0.15, 0.2) is 6.10 Å². The van der Waals surface area contributed by atoms with E-state index in [0.29, 0.717) is 0 Å². The SMILES string of the molecule is COC(=O)[C@H](O)[C@H](C)c1ccccc1. The van der Waals surface area contributed by atoms with Crippen LogP contribution >= 0.6 is 0 Å². The quantitative estimate of drug-likeness (QED) is 0.738. The summed E-state index contributed by atoms with van der Waals surface area (Å²) in [4.78, 5) is 11.1. The normalized spacial score (nSPS) is 14.5. The molecule has 0 aliphatic rings. The van der Waals surface area contributed by atoms with Crippen LogP contribution in [0.1, 0.15) is 18.4 Å². The highest BCUT2D eigenvalue weighted by Crippen LogP contribution is 2.19. The third-order valence-corrected chi connectivity index (χ3v) is 2.24. The van der Waals surface area contributed by atoms with Crippen molar-refractivity contribution in [2.45, 2.75) is 18.9 Å². The molecule has 14 heavy (non-hydrogen) atoms. The Morgan fingerprint density at radius 3 is 2.43 bits per heavy atom. The summed E-state index contributed by atoms with van der Waals surface area (Å²) < 4.78 is 4.47. The van der Waals surface area contributed by atoms with E-state index in [1.54, 1.807) is 6.92 Å². The zero-order valence-electron chi connectivity index (χ0n) is 8.31. The smallest absolute Gasteiger partial charge is 0.335 e. The Morgan fingerprint density at radius 2 is 1.93 bits per heavy atom. The van der Waals surface area contributed by atoms with Crippen molar-refractivity contribution >= 4 is 5.97 Å². The first kappa shape index (κ1) is 10.7. The average Bonchev–Trinajstić information content (AvgIpc) is 2.27. The Morgan fingerprint density at radius 1 is 1.36 bits per heavy atom. The molecule has 0 aromatic heterocycles. The van der Waals surface area contributed by atoms with Crippen LogP contribution in [0.2, 0.25) is 0 Å². The summed E-state index contributed by atoms with van der Waals surface area (Å²) in [6.45, 7) is 1.79. The summed E-state index contributed by atoms with van der Waals surface area (Å²) in [5.41, 5.74) is 0.922. The van der Waals surface area contributed by atoms with Crippen LogP contribution in [0.15, 0.2) is 30.3 Å². The summed E-state index contributed by atoms with van der Waals surface area (Å²) in [5, 5.41) is 9.57. The topological polar surface area (TPSA) is 46.5 Å². The summed E-state index contributed by atoms with van der Waals surface area (Å²) in [6.07, 6.45) is -1.10. The molecule has 2 atom stereocenters. The van der Waals surface area contributed by atoms with E-state index in [9.17, 15) is 9.90 Å². The number of rotatable bonds is 3. The summed E-state index contributed by atoms with van der Waals surface area (Å²) >= 11 is 0. The molecule has 1 aromatic rings. The Kier molecular flexibility index (Phi) is 3.65. The third-order valence-electron chi connectivity index (χ3n) is 2.24. The molecule has 0 bridgehead atoms. The molecule has 0 aliphatic carbocycles. The van der Waals surface area contributed by atoms with Gasteiger partial charge in [-0.1, -0.05) is 37.3 Å². The van der Waals surface area contributed by atoms with Crippen molar-refractivity contribution in [2.24, 2.45) is 0 Å². The number of carbonyl (C=O) groups excluding carboxylic acids is 1. The Hall–Kier alpha value is -1.35. The van der Waals surface area contributed by atoms with Crippen LogP contribution in [0, 0.1) is 0 Å². The Balaban J connectivity index is 2.75. The van der Waals surface area contributed by atoms with E-state index in [1.165, 1.54) is 7.11 Å². The van der Waals surface area contributed by atoms with Gasteiger partial charge in [0.2, 0.25) is 0 Å². The number of aliphatic hydroxyl groups is 1. The predicted octanol–water partition coefficient (Wildman–Crippen LogP) is 1.32. The van der Waals surface area contributed by atoms with Gasteiger partial charge in [-0.25, -0.2) is 4.79 Å². The summed E-state index contributed by atoms with van der Waals surface area (Å²) in [7, 11) is 1.27. The molecule has 0 fully saturated rings. The van der Waals surface area contributed by atoms with Crippen LogP contribution in [0.25, 0.3) is 0 Å². The zero-order valence-corrected chi connectivity index (χ0v) is 8.31. The maximum atomic E-state index is 11.1. The van der Waals surface area contributed by atoms with Crippen LogP contribution < -0.4 is 0 Å². The van der Waals surface area contributed by atoms with Gasteiger partial charge in [0.1, 0.15) is 0 Å². The highest BCUT2D eigenvalue weighted by Gasteiger charge is 2.23. The van der Waals surface area contributed by atoms with E-state index in [2.05, 4.69) is 4.74 Å². The van der Waals surface area contributed by atoms with Crippen LogP contribution in [0.4, 0.5) is 0 Å². The molecule has 1 N–H and O–H groups in total. The number of hydrogen-bond donors (Lipinski definition) is 1.